The molecule has 1 heterocycles. The van der Waals surface area contributed by atoms with Gasteiger partial charge >= 0.3 is 12.0 Å². The van der Waals surface area contributed by atoms with Gasteiger partial charge in [0.25, 0.3) is 0 Å². The second-order valence-corrected chi connectivity index (χ2v) is 6.41. The Morgan fingerprint density at radius 3 is 2.52 bits per heavy atom. The predicted molar refractivity (Wildman–Crippen MR) is 97.4 cm³/mol. The van der Waals surface area contributed by atoms with Crippen LogP contribution < -0.4 is 5.32 Å². The lowest BCUT2D eigenvalue weighted by Crippen LogP contribution is -2.47. The monoisotopic (exact) mass is 364 g/mol. The first kappa shape index (κ1) is 19.3. The van der Waals surface area contributed by atoms with Crippen molar-refractivity contribution in [2.75, 3.05) is 33.1 Å². The van der Waals surface area contributed by atoms with Crippen LogP contribution in [-0.4, -0.2) is 50.0 Å². The van der Waals surface area contributed by atoms with Crippen LogP contribution >= 0.6 is 11.8 Å². The van der Waals surface area contributed by atoms with Crippen LogP contribution in [-0.2, 0) is 14.3 Å². The van der Waals surface area contributed by atoms with Gasteiger partial charge < -0.3 is 14.8 Å². The highest BCUT2D eigenvalue weighted by Gasteiger charge is 2.35. The van der Waals surface area contributed by atoms with Crippen molar-refractivity contribution in [3.05, 3.63) is 41.1 Å². The largest absolute Gasteiger partial charge is 0.460 e. The number of nitrogens with zero attached hydrogens (tertiary/aromatic N) is 1. The van der Waals surface area contributed by atoms with Crippen LogP contribution in [0.4, 0.5) is 4.79 Å². The molecule has 7 heteroatoms. The molecule has 136 valence electrons. The van der Waals surface area contributed by atoms with Gasteiger partial charge in [-0.25, -0.2) is 9.59 Å². The maximum Gasteiger partial charge on any atom is 0.338 e. The number of carbonyl (C=O) groups is 2. The molecule has 2 amide bonds. The number of rotatable bonds is 7. The zero-order chi connectivity index (χ0) is 18.4. The lowest BCUT2D eigenvalue weighted by Gasteiger charge is -2.34. The average molecular weight is 364 g/mol. The Morgan fingerprint density at radius 2 is 1.96 bits per heavy atom. The quantitative estimate of drug-likeness (QED) is 0.458. The van der Waals surface area contributed by atoms with Crippen molar-refractivity contribution in [1.82, 2.24) is 10.2 Å². The van der Waals surface area contributed by atoms with E-state index in [9.17, 15) is 9.59 Å². The number of benzene rings is 1. The second kappa shape index (κ2) is 8.92. The van der Waals surface area contributed by atoms with E-state index in [0.717, 1.165) is 10.5 Å². The molecule has 1 aliphatic rings. The Hall–Kier alpha value is -1.99. The zero-order valence-corrected chi connectivity index (χ0v) is 15.8. The average Bonchev–Trinajstić information content (AvgIpc) is 2.61. The first-order chi connectivity index (χ1) is 12.0. The Balaban J connectivity index is 2.38. The summed E-state index contributed by atoms with van der Waals surface area (Å²) in [7, 11) is 1.55. The number of amides is 2. The Bertz CT molecular complexity index is 658. The Kier molecular flexibility index (Phi) is 6.90. The summed E-state index contributed by atoms with van der Waals surface area (Å²) in [5, 5.41) is 2.91. The smallest absolute Gasteiger partial charge is 0.338 e. The van der Waals surface area contributed by atoms with Crippen molar-refractivity contribution in [3.63, 3.8) is 0 Å². The summed E-state index contributed by atoms with van der Waals surface area (Å²) in [6.07, 6.45) is 2.00. The lowest BCUT2D eigenvalue weighted by molar-refractivity contribution is -0.140. The molecule has 0 saturated heterocycles. The maximum atomic E-state index is 12.6. The van der Waals surface area contributed by atoms with E-state index in [1.54, 1.807) is 30.7 Å². The van der Waals surface area contributed by atoms with E-state index >= 15 is 0 Å². The molecule has 1 aliphatic heterocycles. The van der Waals surface area contributed by atoms with E-state index in [2.05, 4.69) is 5.32 Å². The van der Waals surface area contributed by atoms with E-state index in [1.807, 2.05) is 37.4 Å². The molecule has 2 rings (SSSR count). The van der Waals surface area contributed by atoms with Gasteiger partial charge in [0.1, 0.15) is 6.61 Å². The highest BCUT2D eigenvalue weighted by atomic mass is 32.2. The number of allylic oxidation sites excluding steroid dienone is 1. The fraction of sp³-hybridized carbons (Fsp3) is 0.444. The van der Waals surface area contributed by atoms with Crippen molar-refractivity contribution in [3.8, 4) is 0 Å². The normalized spacial score (nSPS) is 17.5. The molecule has 1 aromatic rings. The van der Waals surface area contributed by atoms with E-state index < -0.39 is 12.0 Å². The van der Waals surface area contributed by atoms with Gasteiger partial charge in [0.15, 0.2) is 0 Å². The summed E-state index contributed by atoms with van der Waals surface area (Å²) in [5.74, 6) is -0.438. The van der Waals surface area contributed by atoms with Crippen LogP contribution in [0.1, 0.15) is 25.5 Å². The van der Waals surface area contributed by atoms with Gasteiger partial charge in [0.05, 0.1) is 18.2 Å². The number of carbonyl (C=O) groups excluding carboxylic acids is 2. The maximum absolute atomic E-state index is 12.6. The Labute approximate surface area is 152 Å². The van der Waals surface area contributed by atoms with Crippen LogP contribution in [0.15, 0.2) is 40.4 Å². The third-order valence-corrected chi connectivity index (χ3v) is 4.85. The van der Waals surface area contributed by atoms with Crippen molar-refractivity contribution in [2.24, 2.45) is 0 Å². The molecule has 0 aliphatic carbocycles. The van der Waals surface area contributed by atoms with E-state index in [0.29, 0.717) is 24.4 Å². The zero-order valence-electron chi connectivity index (χ0n) is 15.0. The summed E-state index contributed by atoms with van der Waals surface area (Å²) in [6.45, 7) is 4.62. The summed E-state index contributed by atoms with van der Waals surface area (Å²) in [6, 6.07) is 7.05. The molecular weight excluding hydrogens is 340 g/mol. The second-order valence-electron chi connectivity index (χ2n) is 5.53. The molecular formula is C18H24N2O4S. The highest BCUT2D eigenvalue weighted by Crippen LogP contribution is 2.32. The van der Waals surface area contributed by atoms with Gasteiger partial charge in [0, 0.05) is 24.2 Å². The van der Waals surface area contributed by atoms with Crippen LogP contribution in [0.5, 0.6) is 0 Å². The third kappa shape index (κ3) is 4.35. The summed E-state index contributed by atoms with van der Waals surface area (Å²) >= 11 is 1.64. The summed E-state index contributed by atoms with van der Waals surface area (Å²) in [4.78, 5) is 27.7. The molecule has 1 N–H and O–H groups in total. The summed E-state index contributed by atoms with van der Waals surface area (Å²) < 4.78 is 10.2. The number of hydrogen-bond acceptors (Lipinski definition) is 5. The fourth-order valence-electron chi connectivity index (χ4n) is 2.77. The number of nitrogens with one attached hydrogen (secondary N) is 1. The predicted octanol–water partition coefficient (Wildman–Crippen LogP) is 2.96. The Morgan fingerprint density at radius 1 is 1.28 bits per heavy atom. The van der Waals surface area contributed by atoms with Crippen LogP contribution in [0.25, 0.3) is 0 Å². The van der Waals surface area contributed by atoms with Crippen LogP contribution in [0.3, 0.4) is 0 Å². The van der Waals surface area contributed by atoms with Crippen molar-refractivity contribution < 1.29 is 19.1 Å². The highest BCUT2D eigenvalue weighted by molar-refractivity contribution is 7.98. The molecule has 25 heavy (non-hydrogen) atoms. The third-order valence-electron chi connectivity index (χ3n) is 4.10. The minimum atomic E-state index is -0.527. The van der Waals surface area contributed by atoms with Gasteiger partial charge in [-0.15, -0.1) is 11.8 Å². The molecule has 0 aromatic heterocycles. The number of methoxy groups -OCH3 is 1. The van der Waals surface area contributed by atoms with Gasteiger partial charge in [-0.1, -0.05) is 12.1 Å². The first-order valence-corrected chi connectivity index (χ1v) is 9.34. The summed E-state index contributed by atoms with van der Waals surface area (Å²) in [5.41, 5.74) is 1.92. The van der Waals surface area contributed by atoms with Gasteiger partial charge in [0.2, 0.25) is 0 Å². The molecule has 1 aromatic carbocycles. The van der Waals surface area contributed by atoms with E-state index in [1.165, 1.54) is 0 Å². The van der Waals surface area contributed by atoms with E-state index in [4.69, 9.17) is 9.47 Å². The van der Waals surface area contributed by atoms with E-state index in [-0.39, 0.29) is 12.6 Å². The molecule has 0 spiro atoms. The van der Waals surface area contributed by atoms with Crippen molar-refractivity contribution in [1.29, 1.82) is 0 Å². The molecule has 6 nitrogen and oxygen atoms in total. The number of esters is 1. The SMILES string of the molecule is CCN1C(=O)N[C@H](c2ccc(SC)cc2)C(C(=O)OCCOC)=C1C. The van der Waals surface area contributed by atoms with Crippen LogP contribution in [0, 0.1) is 0 Å². The number of ether oxygens (including phenoxy) is 2. The molecule has 0 unspecified atom stereocenters. The number of thioether (sulfide) groups is 1. The van der Waals surface area contributed by atoms with Gasteiger partial charge in [-0.2, -0.15) is 0 Å². The topological polar surface area (TPSA) is 67.9 Å². The number of urea groups is 1. The number of hydrogen-bond donors (Lipinski definition) is 1. The minimum absolute atomic E-state index is 0.171. The standard InChI is InChI=1S/C18H24N2O4S/c1-5-20-12(2)15(17(21)24-11-10-23-3)16(19-18(20)22)13-6-8-14(25-4)9-7-13/h6-9,16H,5,10-11H2,1-4H3,(H,19,22)/t16-/m1/s1. The van der Waals surface area contributed by atoms with Crippen molar-refractivity contribution >= 4 is 23.8 Å². The fourth-order valence-corrected chi connectivity index (χ4v) is 3.18. The van der Waals surface area contributed by atoms with Crippen molar-refractivity contribution in [2.45, 2.75) is 24.8 Å². The lowest BCUT2D eigenvalue weighted by atomic mass is 9.95. The molecule has 0 fully saturated rings. The first-order valence-electron chi connectivity index (χ1n) is 8.12. The van der Waals surface area contributed by atoms with Gasteiger partial charge in [-0.05, 0) is 37.8 Å². The molecule has 0 radical (unpaired) electrons. The van der Waals surface area contributed by atoms with Crippen LogP contribution in [0.2, 0.25) is 0 Å². The molecule has 0 bridgehead atoms. The molecule has 0 saturated carbocycles. The van der Waals surface area contributed by atoms with Gasteiger partial charge in [-0.3, -0.25) is 4.90 Å². The molecule has 1 atom stereocenters. The minimum Gasteiger partial charge on any atom is -0.460 e.